The lowest BCUT2D eigenvalue weighted by Crippen LogP contribution is -2.20. The van der Waals surface area contributed by atoms with Crippen molar-refractivity contribution in [1.82, 2.24) is 0 Å². The van der Waals surface area contributed by atoms with Gasteiger partial charge in [0.1, 0.15) is 0 Å². The molecule has 1 fully saturated rings. The molecule has 0 saturated heterocycles. The normalized spacial score (nSPS) is 26.2. The molecule has 0 spiro atoms. The molecule has 2 aliphatic carbocycles. The van der Waals surface area contributed by atoms with Gasteiger partial charge in [-0.1, -0.05) is 31.2 Å². The summed E-state index contributed by atoms with van der Waals surface area (Å²) in [4.78, 5) is 24.8. The van der Waals surface area contributed by atoms with Gasteiger partial charge in [0.25, 0.3) is 5.91 Å². The van der Waals surface area contributed by atoms with Gasteiger partial charge in [-0.3, -0.25) is 9.59 Å². The zero-order valence-corrected chi connectivity index (χ0v) is 16.4. The van der Waals surface area contributed by atoms with Crippen molar-refractivity contribution in [3.8, 4) is 0 Å². The number of fused-ring (bicyclic) bond motifs is 1. The zero-order chi connectivity index (χ0) is 18.1. The summed E-state index contributed by atoms with van der Waals surface area (Å²) in [6.45, 7) is 8.26. The molecule has 1 N–H and O–H groups in total. The van der Waals surface area contributed by atoms with Gasteiger partial charge in [0.15, 0.2) is 5.78 Å². The van der Waals surface area contributed by atoms with Crippen LogP contribution < -0.4 is 5.32 Å². The second-order valence-corrected chi connectivity index (χ2v) is 8.15. The maximum absolute atomic E-state index is 12.7. The lowest BCUT2D eigenvalue weighted by molar-refractivity contribution is -0.115. The van der Waals surface area contributed by atoms with Crippen LogP contribution in [0.1, 0.15) is 39.5 Å². The number of halogens is 1. The molecular weight excluding hydrogens is 378 g/mol. The van der Waals surface area contributed by atoms with Crippen molar-refractivity contribution in [3.63, 3.8) is 0 Å². The predicted molar refractivity (Wildman–Crippen MR) is 104 cm³/mol. The van der Waals surface area contributed by atoms with E-state index in [0.29, 0.717) is 23.8 Å². The van der Waals surface area contributed by atoms with Crippen molar-refractivity contribution in [2.75, 3.05) is 5.32 Å². The highest BCUT2D eigenvalue weighted by Gasteiger charge is 2.37. The van der Waals surface area contributed by atoms with Crippen molar-refractivity contribution in [1.29, 1.82) is 0 Å². The molecule has 1 amide bonds. The molecule has 4 heteroatoms. The number of benzene rings is 1. The number of nitrogens with one attached hydrogen (secondary N) is 1. The number of hydrogen-bond donors (Lipinski definition) is 1. The van der Waals surface area contributed by atoms with Gasteiger partial charge < -0.3 is 5.32 Å². The first kappa shape index (κ1) is 18.1. The Hall–Kier alpha value is -1.68. The average Bonchev–Trinajstić information content (AvgIpc) is 2.77. The van der Waals surface area contributed by atoms with E-state index in [2.05, 4.69) is 34.7 Å². The molecule has 132 valence electrons. The Bertz CT molecular complexity index is 765. The van der Waals surface area contributed by atoms with Crippen LogP contribution in [0.15, 0.2) is 52.0 Å². The highest BCUT2D eigenvalue weighted by Crippen LogP contribution is 2.45. The minimum Gasteiger partial charge on any atom is -0.321 e. The number of amides is 1. The first-order chi connectivity index (χ1) is 11.9. The number of rotatable bonds is 3. The van der Waals surface area contributed by atoms with Gasteiger partial charge >= 0.3 is 0 Å². The predicted octanol–water partition coefficient (Wildman–Crippen LogP) is 5.29. The second kappa shape index (κ2) is 7.28. The number of allylic oxidation sites excluding steroid dienone is 2. The van der Waals surface area contributed by atoms with Crippen LogP contribution in [-0.2, 0) is 9.59 Å². The van der Waals surface area contributed by atoms with E-state index < -0.39 is 0 Å². The molecule has 25 heavy (non-hydrogen) atoms. The third kappa shape index (κ3) is 3.64. The fourth-order valence-corrected chi connectivity index (χ4v) is 4.45. The Morgan fingerprint density at radius 1 is 1.24 bits per heavy atom. The Morgan fingerprint density at radius 3 is 2.68 bits per heavy atom. The average molecular weight is 402 g/mol. The van der Waals surface area contributed by atoms with Crippen LogP contribution >= 0.6 is 15.9 Å². The first-order valence-electron chi connectivity index (χ1n) is 8.86. The summed E-state index contributed by atoms with van der Waals surface area (Å²) in [7, 11) is 0. The fourth-order valence-electron chi connectivity index (χ4n) is 4.06. The number of Topliss-reactive ketones (excluding diaryl/α,β-unsaturated/α-hetero) is 1. The topological polar surface area (TPSA) is 46.2 Å². The molecule has 0 aliphatic heterocycles. The largest absolute Gasteiger partial charge is 0.321 e. The van der Waals surface area contributed by atoms with E-state index in [0.717, 1.165) is 35.0 Å². The number of carbonyl (C=O) groups is 2. The summed E-state index contributed by atoms with van der Waals surface area (Å²) in [5.74, 6) is 1.09. The third-order valence-corrected chi connectivity index (χ3v) is 6.47. The summed E-state index contributed by atoms with van der Waals surface area (Å²) >= 11 is 3.45. The molecule has 3 atom stereocenters. The van der Waals surface area contributed by atoms with Gasteiger partial charge in [0, 0.05) is 16.5 Å². The van der Waals surface area contributed by atoms with Crippen LogP contribution in [0.3, 0.4) is 0 Å². The minimum absolute atomic E-state index is 0.103. The van der Waals surface area contributed by atoms with Gasteiger partial charge in [-0.2, -0.15) is 0 Å². The Balaban J connectivity index is 1.77. The van der Waals surface area contributed by atoms with Gasteiger partial charge in [-0.25, -0.2) is 0 Å². The number of ketones is 1. The van der Waals surface area contributed by atoms with Crippen molar-refractivity contribution < 1.29 is 9.59 Å². The van der Waals surface area contributed by atoms with Gasteiger partial charge in [0.05, 0.1) is 5.69 Å². The van der Waals surface area contributed by atoms with Crippen LogP contribution in [0.2, 0.25) is 0 Å². The number of anilines is 1. The molecule has 1 unspecified atom stereocenters. The molecule has 1 aromatic rings. The van der Waals surface area contributed by atoms with E-state index in [1.54, 1.807) is 0 Å². The molecule has 1 saturated carbocycles. The lowest BCUT2D eigenvalue weighted by Gasteiger charge is -2.19. The Morgan fingerprint density at radius 2 is 1.96 bits per heavy atom. The number of hydrogen-bond acceptors (Lipinski definition) is 2. The van der Waals surface area contributed by atoms with Gasteiger partial charge in [0.2, 0.25) is 0 Å². The molecule has 0 radical (unpaired) electrons. The number of carbonyl (C=O) groups excluding carboxylic acids is 2. The minimum atomic E-state index is -0.134. The van der Waals surface area contributed by atoms with Crippen LogP contribution in [0.25, 0.3) is 0 Å². The SMILES string of the molecule is C=C(C(=O)Nc1ccccc1Br)[C@H]1CCC(C)[C@@H]2CC(=O)C(C)=C2C1. The maximum atomic E-state index is 12.7. The number of para-hydroxylation sites is 1. The molecule has 2 aliphatic rings. The van der Waals surface area contributed by atoms with Crippen molar-refractivity contribution in [2.24, 2.45) is 17.8 Å². The van der Waals surface area contributed by atoms with Crippen LogP contribution in [0.5, 0.6) is 0 Å². The third-order valence-electron chi connectivity index (χ3n) is 5.78. The van der Waals surface area contributed by atoms with E-state index in [4.69, 9.17) is 0 Å². The van der Waals surface area contributed by atoms with Crippen molar-refractivity contribution in [3.05, 3.63) is 52.0 Å². The van der Waals surface area contributed by atoms with Crippen LogP contribution in [-0.4, -0.2) is 11.7 Å². The summed E-state index contributed by atoms with van der Waals surface area (Å²) in [6.07, 6.45) is 3.41. The molecule has 0 aromatic heterocycles. The molecule has 3 rings (SSSR count). The summed E-state index contributed by atoms with van der Waals surface area (Å²) in [5.41, 5.74) is 3.54. The molecule has 3 nitrogen and oxygen atoms in total. The van der Waals surface area contributed by atoms with Crippen LogP contribution in [0, 0.1) is 17.8 Å². The lowest BCUT2D eigenvalue weighted by atomic mass is 9.86. The van der Waals surface area contributed by atoms with Gasteiger partial charge in [-0.05, 0) is 77.6 Å². The van der Waals surface area contributed by atoms with Gasteiger partial charge in [-0.15, -0.1) is 0 Å². The van der Waals surface area contributed by atoms with E-state index >= 15 is 0 Å². The highest BCUT2D eigenvalue weighted by atomic mass is 79.9. The zero-order valence-electron chi connectivity index (χ0n) is 14.8. The standard InChI is InChI=1S/C21H24BrNO2/c1-12-8-9-15(10-17-14(3)20(24)11-16(12)17)13(2)21(25)23-19-7-5-4-6-18(19)22/h4-7,12,15-16H,2,8-11H2,1,3H3,(H,23,25)/t12?,15-,16-/m0/s1. The van der Waals surface area contributed by atoms with Crippen LogP contribution in [0.4, 0.5) is 5.69 Å². The van der Waals surface area contributed by atoms with E-state index in [1.165, 1.54) is 5.57 Å². The molecular formula is C21H24BrNO2. The summed E-state index contributed by atoms with van der Waals surface area (Å²) in [6, 6.07) is 7.56. The summed E-state index contributed by atoms with van der Waals surface area (Å²) < 4.78 is 0.852. The first-order valence-corrected chi connectivity index (χ1v) is 9.65. The smallest absolute Gasteiger partial charge is 0.251 e. The van der Waals surface area contributed by atoms with E-state index in [-0.39, 0.29) is 17.6 Å². The second-order valence-electron chi connectivity index (χ2n) is 7.30. The van der Waals surface area contributed by atoms with E-state index in [1.807, 2.05) is 31.2 Å². The Kier molecular flexibility index (Phi) is 5.28. The quantitative estimate of drug-likeness (QED) is 0.699. The molecule has 0 bridgehead atoms. The highest BCUT2D eigenvalue weighted by molar-refractivity contribution is 9.10. The monoisotopic (exact) mass is 401 g/mol. The van der Waals surface area contributed by atoms with E-state index in [9.17, 15) is 9.59 Å². The summed E-state index contributed by atoms with van der Waals surface area (Å²) in [5, 5.41) is 2.95. The van der Waals surface area contributed by atoms with Crippen molar-refractivity contribution in [2.45, 2.75) is 39.5 Å². The Labute approximate surface area is 157 Å². The molecule has 0 heterocycles. The fraction of sp³-hybridized carbons (Fsp3) is 0.429. The molecule has 1 aromatic carbocycles. The van der Waals surface area contributed by atoms with Crippen molar-refractivity contribution >= 4 is 33.3 Å². The maximum Gasteiger partial charge on any atom is 0.251 e.